The number of rotatable bonds is 4. The quantitative estimate of drug-likeness (QED) is 0.860. The second kappa shape index (κ2) is 6.39. The van der Waals surface area contributed by atoms with E-state index >= 15 is 0 Å². The fourth-order valence-electron chi connectivity index (χ4n) is 4.36. The van der Waals surface area contributed by atoms with E-state index in [0.29, 0.717) is 18.4 Å². The lowest BCUT2D eigenvalue weighted by Gasteiger charge is -2.55. The molecule has 0 unspecified atom stereocenters. The molecule has 2 saturated heterocycles. The summed E-state index contributed by atoms with van der Waals surface area (Å²) in [7, 11) is 0. The number of nitrogens with one attached hydrogen (secondary N) is 1. The van der Waals surface area contributed by atoms with Crippen molar-refractivity contribution in [3.63, 3.8) is 0 Å². The Morgan fingerprint density at radius 3 is 1.59 bits per heavy atom. The van der Waals surface area contributed by atoms with Crippen LogP contribution in [0.1, 0.15) is 74.7 Å². The summed E-state index contributed by atoms with van der Waals surface area (Å²) in [6, 6.07) is 1.13. The molecule has 2 heterocycles. The van der Waals surface area contributed by atoms with Gasteiger partial charge >= 0.3 is 0 Å². The zero-order valence-corrected chi connectivity index (χ0v) is 16.1. The minimum absolute atomic E-state index is 0.204. The van der Waals surface area contributed by atoms with Gasteiger partial charge in [0.15, 0.2) is 0 Å². The molecule has 4 nitrogen and oxygen atoms in total. The topological polar surface area (TPSA) is 21.8 Å². The minimum Gasteiger partial charge on any atom is -0.271 e. The standard InChI is InChI=1S/C18H38N4/c1-14(2)20-12-13-21(15(3)4)16(20)19-22-17(5,6)10-9-11-18(22,7)8/h14-16,19H,9-13H2,1-8H3. The van der Waals surface area contributed by atoms with Gasteiger partial charge in [0.2, 0.25) is 0 Å². The Morgan fingerprint density at radius 2 is 1.23 bits per heavy atom. The van der Waals surface area contributed by atoms with E-state index in [0.717, 1.165) is 13.1 Å². The van der Waals surface area contributed by atoms with Crippen LogP contribution in [0.2, 0.25) is 0 Å². The van der Waals surface area contributed by atoms with Gasteiger partial charge in [-0.25, -0.2) is 10.4 Å². The molecule has 0 aromatic carbocycles. The Morgan fingerprint density at radius 1 is 0.818 bits per heavy atom. The van der Waals surface area contributed by atoms with Crippen LogP contribution in [-0.2, 0) is 0 Å². The molecular weight excluding hydrogens is 272 g/mol. The van der Waals surface area contributed by atoms with Crippen LogP contribution in [0.3, 0.4) is 0 Å². The summed E-state index contributed by atoms with van der Waals surface area (Å²) in [6.45, 7) is 21.1. The molecule has 0 aromatic heterocycles. The van der Waals surface area contributed by atoms with Gasteiger partial charge in [-0.3, -0.25) is 9.80 Å². The molecule has 0 amide bonds. The van der Waals surface area contributed by atoms with E-state index in [9.17, 15) is 0 Å². The lowest BCUT2D eigenvalue weighted by atomic mass is 9.81. The number of hydrogen-bond donors (Lipinski definition) is 1. The Bertz CT molecular complexity index is 343. The smallest absolute Gasteiger partial charge is 0.130 e. The van der Waals surface area contributed by atoms with Crippen LogP contribution >= 0.6 is 0 Å². The Labute approximate surface area is 138 Å². The first kappa shape index (κ1) is 18.2. The molecule has 2 fully saturated rings. The van der Waals surface area contributed by atoms with E-state index in [1.54, 1.807) is 0 Å². The maximum Gasteiger partial charge on any atom is 0.130 e. The average molecular weight is 311 g/mol. The van der Waals surface area contributed by atoms with E-state index in [2.05, 4.69) is 75.6 Å². The van der Waals surface area contributed by atoms with Crippen LogP contribution in [0.5, 0.6) is 0 Å². The first-order valence-corrected chi connectivity index (χ1v) is 9.14. The molecule has 130 valence electrons. The normalized spacial score (nSPS) is 28.1. The number of hydrazine groups is 1. The van der Waals surface area contributed by atoms with Gasteiger partial charge in [0.1, 0.15) is 6.29 Å². The third kappa shape index (κ3) is 3.50. The predicted octanol–water partition coefficient (Wildman–Crippen LogP) is 3.25. The molecule has 2 aliphatic heterocycles. The van der Waals surface area contributed by atoms with Gasteiger partial charge in [-0.15, -0.1) is 0 Å². The van der Waals surface area contributed by atoms with Gasteiger partial charge in [0.25, 0.3) is 0 Å². The van der Waals surface area contributed by atoms with Crippen molar-refractivity contribution in [1.29, 1.82) is 0 Å². The summed E-state index contributed by atoms with van der Waals surface area (Å²) in [5.74, 6) is 0. The average Bonchev–Trinajstić information content (AvgIpc) is 2.77. The summed E-state index contributed by atoms with van der Waals surface area (Å²) in [5, 5.41) is 2.56. The van der Waals surface area contributed by atoms with Gasteiger partial charge in [0, 0.05) is 36.3 Å². The Balaban J connectivity index is 2.23. The van der Waals surface area contributed by atoms with Gasteiger partial charge in [-0.1, -0.05) is 0 Å². The van der Waals surface area contributed by atoms with Gasteiger partial charge in [-0.05, 0) is 74.7 Å². The van der Waals surface area contributed by atoms with E-state index in [4.69, 9.17) is 0 Å². The van der Waals surface area contributed by atoms with Crippen molar-refractivity contribution in [3.05, 3.63) is 0 Å². The van der Waals surface area contributed by atoms with Crippen molar-refractivity contribution in [2.75, 3.05) is 13.1 Å². The molecule has 0 bridgehead atoms. The molecule has 4 heteroatoms. The van der Waals surface area contributed by atoms with Crippen molar-refractivity contribution < 1.29 is 0 Å². The second-order valence-electron chi connectivity index (χ2n) is 8.98. The largest absolute Gasteiger partial charge is 0.271 e. The lowest BCUT2D eigenvalue weighted by Crippen LogP contribution is -2.70. The maximum atomic E-state index is 3.95. The molecule has 2 aliphatic rings. The Kier molecular flexibility index (Phi) is 5.28. The molecule has 0 spiro atoms. The number of hydrogen-bond acceptors (Lipinski definition) is 4. The summed E-state index contributed by atoms with van der Waals surface area (Å²) in [5.41, 5.74) is 4.35. The molecule has 1 N–H and O–H groups in total. The van der Waals surface area contributed by atoms with Crippen LogP contribution in [0.15, 0.2) is 0 Å². The molecule has 22 heavy (non-hydrogen) atoms. The monoisotopic (exact) mass is 310 g/mol. The third-order valence-electron chi connectivity index (χ3n) is 5.60. The van der Waals surface area contributed by atoms with Crippen molar-refractivity contribution in [2.45, 2.75) is 104 Å². The zero-order chi connectivity index (χ0) is 16.7. The van der Waals surface area contributed by atoms with E-state index < -0.39 is 0 Å². The number of nitrogens with zero attached hydrogens (tertiary/aromatic N) is 3. The fraction of sp³-hybridized carbons (Fsp3) is 1.00. The first-order chi connectivity index (χ1) is 10.1. The van der Waals surface area contributed by atoms with Crippen molar-refractivity contribution in [1.82, 2.24) is 20.2 Å². The van der Waals surface area contributed by atoms with E-state index in [-0.39, 0.29) is 11.1 Å². The zero-order valence-electron chi connectivity index (χ0n) is 16.1. The Hall–Kier alpha value is -0.160. The van der Waals surface area contributed by atoms with Crippen LogP contribution in [0.4, 0.5) is 0 Å². The van der Waals surface area contributed by atoms with Crippen molar-refractivity contribution in [3.8, 4) is 0 Å². The summed E-state index contributed by atoms with van der Waals surface area (Å²) < 4.78 is 0. The molecule has 0 atom stereocenters. The lowest BCUT2D eigenvalue weighted by molar-refractivity contribution is -0.121. The highest BCUT2D eigenvalue weighted by Crippen LogP contribution is 2.37. The molecule has 0 radical (unpaired) electrons. The van der Waals surface area contributed by atoms with Gasteiger partial charge < -0.3 is 0 Å². The highest BCUT2D eigenvalue weighted by molar-refractivity contribution is 4.96. The van der Waals surface area contributed by atoms with Crippen LogP contribution in [-0.4, -0.2) is 57.3 Å². The SMILES string of the molecule is CC(C)N1CCN(C(C)C)C1NN1C(C)(C)CCCC1(C)C. The first-order valence-electron chi connectivity index (χ1n) is 9.14. The minimum atomic E-state index is 0.204. The van der Waals surface area contributed by atoms with Gasteiger partial charge in [0.05, 0.1) is 0 Å². The predicted molar refractivity (Wildman–Crippen MR) is 94.5 cm³/mol. The third-order valence-corrected chi connectivity index (χ3v) is 5.60. The molecule has 0 aromatic rings. The second-order valence-corrected chi connectivity index (χ2v) is 8.98. The van der Waals surface area contributed by atoms with Crippen LogP contribution < -0.4 is 5.43 Å². The molecule has 2 rings (SSSR count). The molecular formula is C18H38N4. The summed E-state index contributed by atoms with van der Waals surface area (Å²) >= 11 is 0. The van der Waals surface area contributed by atoms with Crippen LogP contribution in [0.25, 0.3) is 0 Å². The van der Waals surface area contributed by atoms with Crippen LogP contribution in [0, 0.1) is 0 Å². The molecule has 0 aliphatic carbocycles. The maximum absolute atomic E-state index is 3.95. The number of piperidine rings is 1. The van der Waals surface area contributed by atoms with Crippen molar-refractivity contribution in [2.24, 2.45) is 0 Å². The molecule has 0 saturated carbocycles. The van der Waals surface area contributed by atoms with Gasteiger partial charge in [-0.2, -0.15) is 0 Å². The van der Waals surface area contributed by atoms with Crippen molar-refractivity contribution >= 4 is 0 Å². The summed E-state index contributed by atoms with van der Waals surface area (Å²) in [6.07, 6.45) is 4.17. The highest BCUT2D eigenvalue weighted by atomic mass is 15.7. The highest BCUT2D eigenvalue weighted by Gasteiger charge is 2.45. The van der Waals surface area contributed by atoms with E-state index in [1.807, 2.05) is 0 Å². The fourth-order valence-corrected chi connectivity index (χ4v) is 4.36. The van der Waals surface area contributed by atoms with E-state index in [1.165, 1.54) is 19.3 Å². The summed E-state index contributed by atoms with van der Waals surface area (Å²) in [4.78, 5) is 5.20.